The van der Waals surface area contributed by atoms with Gasteiger partial charge in [-0.3, -0.25) is 14.5 Å². The molecule has 13 nitrogen and oxygen atoms in total. The van der Waals surface area contributed by atoms with Crippen molar-refractivity contribution in [1.29, 1.82) is 0 Å². The zero-order valence-electron chi connectivity index (χ0n) is 27.0. The highest BCUT2D eigenvalue weighted by molar-refractivity contribution is 5.97. The summed E-state index contributed by atoms with van der Waals surface area (Å²) in [6.07, 6.45) is -6.79. The summed E-state index contributed by atoms with van der Waals surface area (Å²) in [5, 5.41) is 5.23. The van der Waals surface area contributed by atoms with Gasteiger partial charge in [-0.25, -0.2) is 14.6 Å². The van der Waals surface area contributed by atoms with E-state index < -0.39 is 66.2 Å². The first kappa shape index (κ1) is 35.0. The molecule has 1 saturated heterocycles. The molecule has 262 valence electrons. The zero-order chi connectivity index (χ0) is 35.3. The summed E-state index contributed by atoms with van der Waals surface area (Å²) in [6, 6.07) is 14.2. The molecule has 0 radical (unpaired) electrons. The average molecular weight is 688 g/mol. The summed E-state index contributed by atoms with van der Waals surface area (Å²) >= 11 is 0. The van der Waals surface area contributed by atoms with Gasteiger partial charge in [0.25, 0.3) is 5.91 Å². The van der Waals surface area contributed by atoms with Gasteiger partial charge in [-0.1, -0.05) is 42.5 Å². The summed E-state index contributed by atoms with van der Waals surface area (Å²) in [6.45, 7) is 4.01. The highest BCUT2D eigenvalue weighted by atomic mass is 19.4. The van der Waals surface area contributed by atoms with Crippen LogP contribution in [0, 0.1) is 0 Å². The number of oxazole rings is 1. The summed E-state index contributed by atoms with van der Waals surface area (Å²) in [5.74, 6) is -3.70. The van der Waals surface area contributed by atoms with Crippen LogP contribution >= 0.6 is 0 Å². The smallest absolute Gasteiger partial charge is 0.468 e. The Labute approximate surface area is 279 Å². The molecule has 4 amide bonds. The average Bonchev–Trinajstić information content (AvgIpc) is 3.50. The number of nitrogens with one attached hydrogen (secondary N) is 2. The van der Waals surface area contributed by atoms with Gasteiger partial charge in [-0.2, -0.15) is 13.2 Å². The number of benzene rings is 2. The second-order valence-corrected chi connectivity index (χ2v) is 12.5. The Hall–Kier alpha value is -5.28. The minimum Gasteiger partial charge on any atom is -0.470 e. The second kappa shape index (κ2) is 14.5. The molecule has 5 rings (SSSR count). The molecule has 49 heavy (non-hydrogen) atoms. The molecule has 0 aliphatic carbocycles. The molecule has 2 aliphatic heterocycles. The fourth-order valence-corrected chi connectivity index (χ4v) is 5.27. The number of halogens is 3. The Morgan fingerprint density at radius 3 is 2.53 bits per heavy atom. The zero-order valence-corrected chi connectivity index (χ0v) is 27.0. The molecule has 2 bridgehead atoms. The van der Waals surface area contributed by atoms with Gasteiger partial charge in [-0.15, -0.1) is 0 Å². The largest absolute Gasteiger partial charge is 0.470 e. The number of carbonyl (C=O) groups is 4. The molecule has 2 aliphatic rings. The number of hydrogen-bond acceptors (Lipinski definition) is 9. The van der Waals surface area contributed by atoms with Crippen LogP contribution in [0.25, 0.3) is 11.3 Å². The van der Waals surface area contributed by atoms with Crippen LogP contribution in [0.15, 0.2) is 59.0 Å². The number of aromatic nitrogens is 1. The van der Waals surface area contributed by atoms with Gasteiger partial charge in [0.05, 0.1) is 6.04 Å². The molecule has 3 heterocycles. The number of alkyl halides is 3. The minimum absolute atomic E-state index is 0.00551. The van der Waals surface area contributed by atoms with Crippen molar-refractivity contribution in [2.45, 2.75) is 64.3 Å². The number of piperidine rings is 1. The quantitative estimate of drug-likeness (QED) is 0.389. The lowest BCUT2D eigenvalue weighted by atomic mass is 10.0. The second-order valence-electron chi connectivity index (χ2n) is 12.5. The van der Waals surface area contributed by atoms with Crippen molar-refractivity contribution in [3.63, 3.8) is 0 Å². The monoisotopic (exact) mass is 687 g/mol. The third-order valence-electron chi connectivity index (χ3n) is 7.48. The summed E-state index contributed by atoms with van der Waals surface area (Å²) < 4.78 is 62.8. The van der Waals surface area contributed by atoms with Crippen LogP contribution in [0.1, 0.15) is 55.6 Å². The number of amides is 4. The molecular formula is C33H36F3N5O8. The van der Waals surface area contributed by atoms with Crippen LogP contribution in [0.2, 0.25) is 0 Å². The minimum atomic E-state index is -4.98. The normalized spacial score (nSPS) is 18.9. The van der Waals surface area contributed by atoms with Crippen molar-refractivity contribution in [2.24, 2.45) is 0 Å². The molecule has 1 fully saturated rings. The van der Waals surface area contributed by atoms with Gasteiger partial charge in [0, 0.05) is 31.6 Å². The maximum atomic E-state index is 13.9. The Bertz CT molecular complexity index is 1670. The van der Waals surface area contributed by atoms with Crippen LogP contribution in [0.4, 0.5) is 22.8 Å². The Kier molecular flexibility index (Phi) is 10.3. The lowest BCUT2D eigenvalue weighted by molar-refractivity contribution is -0.157. The van der Waals surface area contributed by atoms with Crippen molar-refractivity contribution in [3.05, 3.63) is 71.8 Å². The third-order valence-corrected chi connectivity index (χ3v) is 7.48. The van der Waals surface area contributed by atoms with E-state index in [0.29, 0.717) is 12.0 Å². The molecule has 3 aromatic rings. The van der Waals surface area contributed by atoms with E-state index in [1.807, 2.05) is 0 Å². The molecule has 2 aromatic carbocycles. The molecule has 2 atom stereocenters. The van der Waals surface area contributed by atoms with E-state index in [1.165, 1.54) is 29.2 Å². The van der Waals surface area contributed by atoms with Crippen molar-refractivity contribution in [1.82, 2.24) is 25.4 Å². The van der Waals surface area contributed by atoms with E-state index in [9.17, 15) is 32.3 Å². The van der Waals surface area contributed by atoms with Gasteiger partial charge in [0.1, 0.15) is 30.2 Å². The molecular weight excluding hydrogens is 651 g/mol. The number of carbonyl (C=O) groups excluding carboxylic acids is 4. The lowest BCUT2D eigenvalue weighted by Crippen LogP contribution is -2.58. The lowest BCUT2D eigenvalue weighted by Gasteiger charge is -2.40. The van der Waals surface area contributed by atoms with Crippen LogP contribution in [0.3, 0.4) is 0 Å². The van der Waals surface area contributed by atoms with E-state index in [1.54, 1.807) is 51.1 Å². The Morgan fingerprint density at radius 1 is 1.06 bits per heavy atom. The Morgan fingerprint density at radius 2 is 1.82 bits per heavy atom. The third kappa shape index (κ3) is 9.21. The molecule has 16 heteroatoms. The standard InChI is InChI=1S/C33H36F3N5O8/c1-32(2,3)49-30(44)38-22-12-13-25-41(17-22)24(42)18-40(31(45)46-19-20-8-5-4-6-9-20)15-14-37-28(43)27-26(39-29(48-27)33(34,35)36)21-10-7-11-23(16-21)47-25/h4-11,16,22,25H,12-15,17-19H2,1-3H3,(H,37,43)(H,38,44)/t22-,25?/m0/s1. The van der Waals surface area contributed by atoms with Gasteiger partial charge in [-0.05, 0) is 44.9 Å². The highest BCUT2D eigenvalue weighted by Gasteiger charge is 2.40. The van der Waals surface area contributed by atoms with Gasteiger partial charge in [0.15, 0.2) is 6.23 Å². The molecule has 1 aromatic heterocycles. The maximum Gasteiger partial charge on any atom is 0.468 e. The first-order valence-corrected chi connectivity index (χ1v) is 15.5. The van der Waals surface area contributed by atoms with E-state index in [2.05, 4.69) is 15.6 Å². The van der Waals surface area contributed by atoms with Crippen molar-refractivity contribution in [2.75, 3.05) is 26.2 Å². The maximum absolute atomic E-state index is 13.9. The molecule has 1 unspecified atom stereocenters. The Balaban J connectivity index is 1.46. The number of ether oxygens (including phenoxy) is 3. The number of alkyl carbamates (subject to hydrolysis) is 1. The topological polar surface area (TPSA) is 153 Å². The van der Waals surface area contributed by atoms with Crippen molar-refractivity contribution in [3.8, 4) is 17.0 Å². The van der Waals surface area contributed by atoms with Crippen molar-refractivity contribution < 1.29 is 51.0 Å². The van der Waals surface area contributed by atoms with Gasteiger partial charge >= 0.3 is 24.3 Å². The van der Waals surface area contributed by atoms with E-state index >= 15 is 0 Å². The summed E-state index contributed by atoms with van der Waals surface area (Å²) in [4.78, 5) is 58.9. The van der Waals surface area contributed by atoms with Crippen LogP contribution in [-0.4, -0.2) is 82.8 Å². The molecule has 0 saturated carbocycles. The number of nitrogens with zero attached hydrogens (tertiary/aromatic N) is 3. The van der Waals surface area contributed by atoms with Crippen LogP contribution in [0.5, 0.6) is 5.75 Å². The van der Waals surface area contributed by atoms with Gasteiger partial charge in [0.2, 0.25) is 11.7 Å². The highest BCUT2D eigenvalue weighted by Crippen LogP contribution is 2.35. The van der Waals surface area contributed by atoms with E-state index in [4.69, 9.17) is 18.6 Å². The number of fused-ring (bicyclic) bond motifs is 5. The van der Waals surface area contributed by atoms with E-state index in [-0.39, 0.29) is 49.7 Å². The molecule has 2 N–H and O–H groups in total. The van der Waals surface area contributed by atoms with Crippen LogP contribution in [-0.2, 0) is 27.1 Å². The first-order valence-electron chi connectivity index (χ1n) is 15.5. The predicted molar refractivity (Wildman–Crippen MR) is 166 cm³/mol. The predicted octanol–water partition coefficient (Wildman–Crippen LogP) is 4.96. The number of rotatable bonds is 3. The number of hydrogen-bond donors (Lipinski definition) is 2. The SMILES string of the molecule is CC(C)(C)OC(=O)N[C@H]1CCC2Oc3cccc(c3)-c3nc(C(F)(F)F)oc3C(=O)NCCN(C(=O)OCc3ccccc3)CC(=O)N2C1. The molecule has 0 spiro atoms. The van der Waals surface area contributed by atoms with Crippen LogP contribution < -0.4 is 15.4 Å². The fourth-order valence-electron chi connectivity index (χ4n) is 5.27. The first-order chi connectivity index (χ1) is 23.2. The summed E-state index contributed by atoms with van der Waals surface area (Å²) in [5.41, 5.74) is -0.340. The van der Waals surface area contributed by atoms with Crippen molar-refractivity contribution >= 4 is 24.0 Å². The van der Waals surface area contributed by atoms with Gasteiger partial charge < -0.3 is 34.2 Å². The fraction of sp³-hybridized carbons (Fsp3) is 0.424. The van der Waals surface area contributed by atoms with E-state index in [0.717, 1.165) is 4.90 Å². The summed E-state index contributed by atoms with van der Waals surface area (Å²) in [7, 11) is 0.